The van der Waals surface area contributed by atoms with Gasteiger partial charge < -0.3 is 25.6 Å². The molecule has 30 heavy (non-hydrogen) atoms. The number of unbranched alkanes of at least 4 members (excludes halogenated alkanes) is 12. The molecule has 0 fully saturated rings. The Bertz CT molecular complexity index is 434. The number of ether oxygens (including phenoxy) is 1. The quantitative estimate of drug-likeness (QED) is 0.198. The highest BCUT2D eigenvalue weighted by molar-refractivity contribution is 5.80. The van der Waals surface area contributed by atoms with Crippen molar-refractivity contribution in [2.45, 2.75) is 116 Å². The van der Waals surface area contributed by atoms with Crippen LogP contribution in [-0.4, -0.2) is 59.0 Å². The van der Waals surface area contributed by atoms with E-state index in [1.54, 1.807) is 6.92 Å². The van der Waals surface area contributed by atoms with Crippen molar-refractivity contribution in [2.24, 2.45) is 5.73 Å². The Balaban J connectivity index is 3.92. The second kappa shape index (κ2) is 19.6. The van der Waals surface area contributed by atoms with Gasteiger partial charge in [0, 0.05) is 0 Å². The number of hydrogen-bond acceptors (Lipinski definition) is 5. The summed E-state index contributed by atoms with van der Waals surface area (Å²) in [7, 11) is 0. The lowest BCUT2D eigenvalue weighted by molar-refractivity contribution is -0.144. The number of nitrogens with two attached hydrogens (primary N) is 1. The highest BCUT2D eigenvalue weighted by Gasteiger charge is 2.29. The van der Waals surface area contributed by atoms with E-state index in [9.17, 15) is 19.8 Å². The minimum absolute atomic E-state index is 0.191. The molecule has 4 N–H and O–H groups in total. The number of amides is 2. The van der Waals surface area contributed by atoms with Crippen molar-refractivity contribution in [3.63, 3.8) is 0 Å². The maximum Gasteiger partial charge on any atom is 0.325 e. The van der Waals surface area contributed by atoms with Crippen LogP contribution >= 0.6 is 0 Å². The monoisotopic (exact) mass is 430 g/mol. The zero-order chi connectivity index (χ0) is 22.6. The van der Waals surface area contributed by atoms with Gasteiger partial charge in [-0.3, -0.25) is 4.79 Å². The van der Waals surface area contributed by atoms with Crippen molar-refractivity contribution in [1.82, 2.24) is 4.90 Å². The van der Waals surface area contributed by atoms with Crippen LogP contribution in [0.5, 0.6) is 0 Å². The van der Waals surface area contributed by atoms with Crippen LogP contribution in [0.15, 0.2) is 0 Å². The fraction of sp³-hybridized carbons (Fsp3) is 0.913. The molecule has 0 aromatic rings. The summed E-state index contributed by atoms with van der Waals surface area (Å²) in [5, 5.41) is 20.0. The van der Waals surface area contributed by atoms with E-state index >= 15 is 0 Å². The maximum atomic E-state index is 11.7. The van der Waals surface area contributed by atoms with Gasteiger partial charge in [0.15, 0.2) is 0 Å². The number of aliphatic hydroxyl groups excluding tert-OH is 2. The van der Waals surface area contributed by atoms with Gasteiger partial charge in [0.1, 0.15) is 6.54 Å². The predicted octanol–water partition coefficient (Wildman–Crippen LogP) is 4.13. The smallest absolute Gasteiger partial charge is 0.325 e. The molecule has 0 bridgehead atoms. The first-order valence-electron chi connectivity index (χ1n) is 12.0. The van der Waals surface area contributed by atoms with Crippen LogP contribution in [0.4, 0.5) is 4.79 Å². The Morgan fingerprint density at radius 1 is 0.867 bits per heavy atom. The number of nitrogens with zero attached hydrogens (tertiary/aromatic N) is 1. The molecule has 0 spiro atoms. The minimum atomic E-state index is -0.926. The third-order valence-electron chi connectivity index (χ3n) is 5.52. The molecule has 0 saturated heterocycles. The molecule has 0 heterocycles. The van der Waals surface area contributed by atoms with Gasteiger partial charge in [0.25, 0.3) is 0 Å². The van der Waals surface area contributed by atoms with Crippen LogP contribution < -0.4 is 5.73 Å². The van der Waals surface area contributed by atoms with Crippen molar-refractivity contribution in [1.29, 1.82) is 0 Å². The van der Waals surface area contributed by atoms with E-state index in [2.05, 4.69) is 6.92 Å². The zero-order valence-electron chi connectivity index (χ0n) is 19.3. The summed E-state index contributed by atoms with van der Waals surface area (Å²) < 4.78 is 4.83. The fourth-order valence-electron chi connectivity index (χ4n) is 3.70. The number of urea groups is 1. The summed E-state index contributed by atoms with van der Waals surface area (Å²) in [6, 6.07) is -1.75. The van der Waals surface area contributed by atoms with Gasteiger partial charge >= 0.3 is 12.0 Å². The predicted molar refractivity (Wildman–Crippen MR) is 120 cm³/mol. The van der Waals surface area contributed by atoms with E-state index in [1.807, 2.05) is 0 Å². The van der Waals surface area contributed by atoms with Crippen LogP contribution in [0.25, 0.3) is 0 Å². The Morgan fingerprint density at radius 2 is 1.33 bits per heavy atom. The molecule has 2 atom stereocenters. The lowest BCUT2D eigenvalue weighted by atomic mass is 10.0. The third-order valence-corrected chi connectivity index (χ3v) is 5.52. The molecule has 2 unspecified atom stereocenters. The number of esters is 1. The van der Waals surface area contributed by atoms with Crippen molar-refractivity contribution >= 4 is 12.0 Å². The second-order valence-electron chi connectivity index (χ2n) is 8.12. The molecule has 0 saturated carbocycles. The summed E-state index contributed by atoms with van der Waals surface area (Å²) in [5.41, 5.74) is 5.33. The molecule has 7 nitrogen and oxygen atoms in total. The number of carbonyl (C=O) groups is 2. The second-order valence-corrected chi connectivity index (χ2v) is 8.12. The molecule has 2 amide bonds. The van der Waals surface area contributed by atoms with E-state index < -0.39 is 30.8 Å². The largest absolute Gasteiger partial charge is 0.465 e. The zero-order valence-corrected chi connectivity index (χ0v) is 19.3. The summed E-state index contributed by atoms with van der Waals surface area (Å²) in [6.45, 7) is 3.27. The molecule has 0 aliphatic heterocycles. The van der Waals surface area contributed by atoms with E-state index in [0.717, 1.165) is 24.2 Å². The number of primary amides is 1. The molecule has 0 rings (SSSR count). The first kappa shape index (κ1) is 28.7. The number of aliphatic hydroxyl groups is 2. The van der Waals surface area contributed by atoms with Gasteiger partial charge in [-0.05, 0) is 13.3 Å². The van der Waals surface area contributed by atoms with Crippen LogP contribution in [0, 0.1) is 0 Å². The SMILES string of the molecule is CCCCCCCCCCCCCCCC(O)C(CO)N(CC(=O)OCC)C(N)=O. The summed E-state index contributed by atoms with van der Waals surface area (Å²) in [6.07, 6.45) is 15.7. The van der Waals surface area contributed by atoms with E-state index in [-0.39, 0.29) is 13.2 Å². The summed E-state index contributed by atoms with van der Waals surface area (Å²) in [4.78, 5) is 24.3. The molecule has 0 aliphatic rings. The average Bonchev–Trinajstić information content (AvgIpc) is 2.71. The average molecular weight is 431 g/mol. The molecule has 0 aromatic carbocycles. The first-order valence-corrected chi connectivity index (χ1v) is 12.0. The number of rotatable bonds is 20. The highest BCUT2D eigenvalue weighted by Crippen LogP contribution is 2.15. The molecule has 0 aliphatic carbocycles. The Kier molecular flexibility index (Phi) is 18.7. The fourth-order valence-corrected chi connectivity index (χ4v) is 3.70. The van der Waals surface area contributed by atoms with E-state index in [4.69, 9.17) is 10.5 Å². The molecule has 7 heteroatoms. The standard InChI is InChI=1S/C23H46N2O5/c1-3-5-6-7-8-9-10-11-12-13-14-15-16-17-21(27)20(19-26)25(23(24)29)18-22(28)30-4-2/h20-21,26-27H,3-19H2,1-2H3,(H2,24,29). The van der Waals surface area contributed by atoms with Crippen LogP contribution in [-0.2, 0) is 9.53 Å². The van der Waals surface area contributed by atoms with E-state index in [1.165, 1.54) is 64.2 Å². The molecular formula is C23H46N2O5. The number of hydrogen-bond donors (Lipinski definition) is 3. The van der Waals surface area contributed by atoms with Gasteiger partial charge in [-0.25, -0.2) is 4.79 Å². The Labute approximate surface area is 183 Å². The Hall–Kier alpha value is -1.34. The van der Waals surface area contributed by atoms with Gasteiger partial charge in [-0.15, -0.1) is 0 Å². The minimum Gasteiger partial charge on any atom is -0.465 e. The van der Waals surface area contributed by atoms with Gasteiger partial charge in [0.2, 0.25) is 0 Å². The van der Waals surface area contributed by atoms with Crippen molar-refractivity contribution in [3.05, 3.63) is 0 Å². The molecule has 178 valence electrons. The lowest BCUT2D eigenvalue weighted by Gasteiger charge is -2.31. The summed E-state index contributed by atoms with van der Waals surface area (Å²) in [5.74, 6) is -0.608. The van der Waals surface area contributed by atoms with Gasteiger partial charge in [0.05, 0.1) is 25.4 Å². The Morgan fingerprint density at radius 3 is 1.73 bits per heavy atom. The number of carbonyl (C=O) groups excluding carboxylic acids is 2. The molecule has 0 aromatic heterocycles. The first-order chi connectivity index (χ1) is 14.5. The molecule has 0 radical (unpaired) electrons. The van der Waals surface area contributed by atoms with Crippen molar-refractivity contribution < 1.29 is 24.5 Å². The summed E-state index contributed by atoms with van der Waals surface area (Å²) >= 11 is 0. The highest BCUT2D eigenvalue weighted by atomic mass is 16.5. The van der Waals surface area contributed by atoms with Gasteiger partial charge in [-0.1, -0.05) is 90.4 Å². The third kappa shape index (κ3) is 14.6. The lowest BCUT2D eigenvalue weighted by Crippen LogP contribution is -2.53. The van der Waals surface area contributed by atoms with Gasteiger partial charge in [-0.2, -0.15) is 0 Å². The van der Waals surface area contributed by atoms with E-state index in [0.29, 0.717) is 6.42 Å². The molecular weight excluding hydrogens is 384 g/mol. The van der Waals surface area contributed by atoms with Crippen molar-refractivity contribution in [3.8, 4) is 0 Å². The topological polar surface area (TPSA) is 113 Å². The van der Waals surface area contributed by atoms with Crippen LogP contribution in [0.1, 0.15) is 104 Å². The van der Waals surface area contributed by atoms with Crippen LogP contribution in [0.2, 0.25) is 0 Å². The maximum absolute atomic E-state index is 11.7. The van der Waals surface area contributed by atoms with Crippen LogP contribution in [0.3, 0.4) is 0 Å². The normalized spacial score (nSPS) is 13.1. The van der Waals surface area contributed by atoms with Crippen molar-refractivity contribution in [2.75, 3.05) is 19.8 Å².